The van der Waals surface area contributed by atoms with Gasteiger partial charge in [0.2, 0.25) is 0 Å². The number of phenolic OH excluding ortho intramolecular Hbond substituents is 1. The van der Waals surface area contributed by atoms with E-state index >= 15 is 0 Å². The van der Waals surface area contributed by atoms with Crippen LogP contribution in [-0.2, 0) is 4.79 Å². The fourth-order valence-corrected chi connectivity index (χ4v) is 1.90. The van der Waals surface area contributed by atoms with Gasteiger partial charge in [0.15, 0.2) is 0 Å². The van der Waals surface area contributed by atoms with E-state index in [1.54, 1.807) is 18.2 Å². The quantitative estimate of drug-likeness (QED) is 0.699. The average molecular weight is 219 g/mol. The monoisotopic (exact) mass is 219 g/mol. The number of aliphatic carboxylic acids is 1. The molecule has 0 spiro atoms. The Morgan fingerprint density at radius 1 is 1.38 bits per heavy atom. The summed E-state index contributed by atoms with van der Waals surface area (Å²) in [5.41, 5.74) is 1.98. The Morgan fingerprint density at radius 2 is 2.19 bits per heavy atom. The molecule has 1 aromatic rings. The van der Waals surface area contributed by atoms with Gasteiger partial charge in [0, 0.05) is 6.54 Å². The molecular weight excluding hydrogens is 206 g/mol. The van der Waals surface area contributed by atoms with E-state index in [0.29, 0.717) is 18.5 Å². The van der Waals surface area contributed by atoms with E-state index in [9.17, 15) is 9.90 Å². The molecule has 1 aliphatic rings. The Balaban J connectivity index is 2.47. The third-order valence-corrected chi connectivity index (χ3v) is 2.67. The van der Waals surface area contributed by atoms with E-state index in [0.717, 1.165) is 17.7 Å². The van der Waals surface area contributed by atoms with E-state index in [1.165, 1.54) is 0 Å². The number of carboxylic acid groups (broad SMARTS) is 1. The largest absolute Gasteiger partial charge is 0.508 e. The van der Waals surface area contributed by atoms with Crippen molar-refractivity contribution >= 4 is 11.5 Å². The van der Waals surface area contributed by atoms with Crippen LogP contribution in [-0.4, -0.2) is 29.3 Å². The number of carbonyl (C=O) groups is 1. The highest BCUT2D eigenvalue weighted by Crippen LogP contribution is 2.26. The molecule has 0 radical (unpaired) electrons. The van der Waals surface area contributed by atoms with E-state index in [1.807, 2.05) is 6.07 Å². The lowest BCUT2D eigenvalue weighted by molar-refractivity contribution is -0.132. The van der Waals surface area contributed by atoms with Gasteiger partial charge in [0.05, 0.1) is 5.57 Å². The van der Waals surface area contributed by atoms with Crippen LogP contribution in [0.2, 0.25) is 0 Å². The van der Waals surface area contributed by atoms with Crippen molar-refractivity contribution in [3.05, 3.63) is 35.4 Å². The van der Waals surface area contributed by atoms with Crippen LogP contribution in [0.3, 0.4) is 0 Å². The fraction of sp³-hybridized carbons (Fsp3) is 0.250. The molecule has 1 aromatic carbocycles. The molecule has 0 aliphatic carbocycles. The van der Waals surface area contributed by atoms with Crippen LogP contribution < -0.4 is 5.32 Å². The van der Waals surface area contributed by atoms with E-state index in [4.69, 9.17) is 5.11 Å². The van der Waals surface area contributed by atoms with Crippen LogP contribution in [0, 0.1) is 0 Å². The van der Waals surface area contributed by atoms with Crippen molar-refractivity contribution in [2.75, 3.05) is 13.1 Å². The summed E-state index contributed by atoms with van der Waals surface area (Å²) in [6, 6.07) is 6.72. The van der Waals surface area contributed by atoms with Gasteiger partial charge in [-0.05, 0) is 36.2 Å². The second-order valence-corrected chi connectivity index (χ2v) is 3.74. The number of rotatable bonds is 2. The smallest absolute Gasteiger partial charge is 0.333 e. The highest BCUT2D eigenvalue weighted by molar-refractivity contribution is 5.97. The Morgan fingerprint density at radius 3 is 2.88 bits per heavy atom. The summed E-state index contributed by atoms with van der Waals surface area (Å²) in [5, 5.41) is 21.5. The molecule has 0 amide bonds. The maximum Gasteiger partial charge on any atom is 0.333 e. The molecule has 3 N–H and O–H groups in total. The lowest BCUT2D eigenvalue weighted by Crippen LogP contribution is -2.28. The number of hydrogen-bond acceptors (Lipinski definition) is 3. The lowest BCUT2D eigenvalue weighted by Gasteiger charge is -2.19. The first-order valence-corrected chi connectivity index (χ1v) is 5.14. The van der Waals surface area contributed by atoms with Gasteiger partial charge in [-0.25, -0.2) is 4.79 Å². The second kappa shape index (κ2) is 4.37. The molecule has 0 bridgehead atoms. The lowest BCUT2D eigenvalue weighted by atomic mass is 9.94. The Kier molecular flexibility index (Phi) is 2.92. The maximum atomic E-state index is 11.1. The predicted octanol–water partition coefficient (Wildman–Crippen LogP) is 1.22. The minimum atomic E-state index is -0.898. The summed E-state index contributed by atoms with van der Waals surface area (Å²) < 4.78 is 0. The molecule has 0 unspecified atom stereocenters. The molecule has 2 rings (SSSR count). The van der Waals surface area contributed by atoms with Gasteiger partial charge in [0.1, 0.15) is 5.75 Å². The second-order valence-electron chi connectivity index (χ2n) is 3.74. The van der Waals surface area contributed by atoms with Gasteiger partial charge in [0.25, 0.3) is 0 Å². The van der Waals surface area contributed by atoms with Gasteiger partial charge in [-0.1, -0.05) is 12.1 Å². The van der Waals surface area contributed by atoms with Crippen molar-refractivity contribution < 1.29 is 15.0 Å². The number of hydrogen-bond donors (Lipinski definition) is 3. The summed E-state index contributed by atoms with van der Waals surface area (Å²) in [6.07, 6.45) is 0.672. The molecule has 16 heavy (non-hydrogen) atoms. The number of carboxylic acids is 1. The Hall–Kier alpha value is -1.81. The van der Waals surface area contributed by atoms with E-state index in [-0.39, 0.29) is 5.75 Å². The number of benzene rings is 1. The first kappa shape index (κ1) is 10.7. The van der Waals surface area contributed by atoms with Gasteiger partial charge in [-0.15, -0.1) is 0 Å². The van der Waals surface area contributed by atoms with E-state index in [2.05, 4.69) is 5.32 Å². The van der Waals surface area contributed by atoms with Crippen molar-refractivity contribution in [2.24, 2.45) is 0 Å². The summed E-state index contributed by atoms with van der Waals surface area (Å²) in [5.74, 6) is -0.737. The maximum absolute atomic E-state index is 11.1. The normalized spacial score (nSPS) is 16.2. The van der Waals surface area contributed by atoms with Crippen LogP contribution >= 0.6 is 0 Å². The summed E-state index contributed by atoms with van der Waals surface area (Å²) in [7, 11) is 0. The molecule has 0 aromatic heterocycles. The average Bonchev–Trinajstić information content (AvgIpc) is 2.29. The first-order chi connectivity index (χ1) is 7.68. The third kappa shape index (κ3) is 2.06. The highest BCUT2D eigenvalue weighted by atomic mass is 16.4. The van der Waals surface area contributed by atoms with Crippen LogP contribution in [0.15, 0.2) is 29.8 Å². The Labute approximate surface area is 93.2 Å². The van der Waals surface area contributed by atoms with Crippen LogP contribution in [0.4, 0.5) is 0 Å². The molecule has 4 nitrogen and oxygen atoms in total. The van der Waals surface area contributed by atoms with Gasteiger partial charge < -0.3 is 15.5 Å². The summed E-state index contributed by atoms with van der Waals surface area (Å²) in [4.78, 5) is 11.1. The number of phenols is 1. The standard InChI is InChI=1S/C12H13NO3/c14-9-3-1-2-8(6-9)10-4-5-13-7-11(10)12(15)16/h1-3,6,13-14H,4-5,7H2,(H,15,16). The zero-order valence-electron chi connectivity index (χ0n) is 8.73. The first-order valence-electron chi connectivity index (χ1n) is 5.14. The van der Waals surface area contributed by atoms with Crippen LogP contribution in [0.5, 0.6) is 5.75 Å². The van der Waals surface area contributed by atoms with Gasteiger partial charge in [-0.2, -0.15) is 0 Å². The molecule has 0 saturated carbocycles. The minimum Gasteiger partial charge on any atom is -0.508 e. The predicted molar refractivity (Wildman–Crippen MR) is 60.1 cm³/mol. The number of nitrogens with one attached hydrogen (secondary N) is 1. The van der Waals surface area contributed by atoms with Crippen LogP contribution in [0.25, 0.3) is 5.57 Å². The SMILES string of the molecule is O=C(O)C1=C(c2cccc(O)c2)CCNC1. The van der Waals surface area contributed by atoms with Crippen LogP contribution in [0.1, 0.15) is 12.0 Å². The summed E-state index contributed by atoms with van der Waals surface area (Å²) >= 11 is 0. The fourth-order valence-electron chi connectivity index (χ4n) is 1.90. The van der Waals surface area contributed by atoms with Gasteiger partial charge in [-0.3, -0.25) is 0 Å². The number of aromatic hydroxyl groups is 1. The molecular formula is C12H13NO3. The zero-order valence-corrected chi connectivity index (χ0v) is 8.73. The topological polar surface area (TPSA) is 69.6 Å². The highest BCUT2D eigenvalue weighted by Gasteiger charge is 2.19. The van der Waals surface area contributed by atoms with Crippen molar-refractivity contribution in [3.63, 3.8) is 0 Å². The molecule has 4 heteroatoms. The van der Waals surface area contributed by atoms with E-state index < -0.39 is 5.97 Å². The minimum absolute atomic E-state index is 0.160. The molecule has 0 fully saturated rings. The summed E-state index contributed by atoms with van der Waals surface area (Å²) in [6.45, 7) is 1.14. The molecule has 84 valence electrons. The van der Waals surface area contributed by atoms with Crippen molar-refractivity contribution in [1.82, 2.24) is 5.32 Å². The third-order valence-electron chi connectivity index (χ3n) is 2.67. The molecule has 0 saturated heterocycles. The molecule has 0 atom stereocenters. The van der Waals surface area contributed by atoms with Gasteiger partial charge >= 0.3 is 5.97 Å². The Bertz CT molecular complexity index is 451. The molecule has 1 aliphatic heterocycles. The molecule has 1 heterocycles. The van der Waals surface area contributed by atoms with Crippen molar-refractivity contribution in [3.8, 4) is 5.75 Å². The zero-order chi connectivity index (χ0) is 11.5. The van der Waals surface area contributed by atoms with Crippen molar-refractivity contribution in [1.29, 1.82) is 0 Å². The van der Waals surface area contributed by atoms with Crippen molar-refractivity contribution in [2.45, 2.75) is 6.42 Å².